The van der Waals surface area contributed by atoms with Gasteiger partial charge in [-0.1, -0.05) is 18.6 Å². The van der Waals surface area contributed by atoms with Crippen molar-refractivity contribution in [1.29, 1.82) is 5.26 Å². The van der Waals surface area contributed by atoms with Crippen molar-refractivity contribution in [2.24, 2.45) is 0 Å². The predicted molar refractivity (Wildman–Crippen MR) is 104 cm³/mol. The normalized spacial score (nSPS) is 13.5. The van der Waals surface area contributed by atoms with E-state index in [0.717, 1.165) is 34.8 Å². The van der Waals surface area contributed by atoms with Gasteiger partial charge in [-0.15, -0.1) is 11.3 Å². The summed E-state index contributed by atoms with van der Waals surface area (Å²) in [5.41, 5.74) is 1.77. The molecule has 0 bridgehead atoms. The van der Waals surface area contributed by atoms with E-state index in [1.165, 1.54) is 11.3 Å². The highest BCUT2D eigenvalue weighted by atomic mass is 127. The van der Waals surface area contributed by atoms with Crippen LogP contribution in [-0.4, -0.2) is 12.5 Å². The van der Waals surface area contributed by atoms with Gasteiger partial charge in [-0.2, -0.15) is 5.26 Å². The zero-order chi connectivity index (χ0) is 16.9. The third kappa shape index (κ3) is 3.90. The number of nitrogens with zero attached hydrogens (tertiary/aromatic N) is 1. The minimum Gasteiger partial charge on any atom is -0.483 e. The van der Waals surface area contributed by atoms with Gasteiger partial charge in [-0.3, -0.25) is 4.79 Å². The largest absolute Gasteiger partial charge is 0.483 e. The van der Waals surface area contributed by atoms with E-state index >= 15 is 0 Å². The number of hydrogen-bond acceptors (Lipinski definition) is 4. The highest BCUT2D eigenvalue weighted by Gasteiger charge is 2.21. The number of ether oxygens (including phenoxy) is 1. The summed E-state index contributed by atoms with van der Waals surface area (Å²) in [6, 6.07) is 9.84. The molecule has 6 heteroatoms. The van der Waals surface area contributed by atoms with Gasteiger partial charge in [0.2, 0.25) is 0 Å². The standard InChI is InChI=1S/C18H17IN2O2S/c19-14-7-4-5-8-15(14)23-11-17(22)21-18-13(10-20)12-6-2-1-3-9-16(12)24-18/h4-5,7-8H,1-3,6,9,11H2,(H,21,22). The summed E-state index contributed by atoms with van der Waals surface area (Å²) in [4.78, 5) is 13.5. The molecule has 1 aliphatic carbocycles. The number of hydrogen-bond donors (Lipinski definition) is 1. The fourth-order valence-corrected chi connectivity index (χ4v) is 4.62. The summed E-state index contributed by atoms with van der Waals surface area (Å²) >= 11 is 3.71. The number of halogens is 1. The predicted octanol–water partition coefficient (Wildman–Crippen LogP) is 4.51. The monoisotopic (exact) mass is 452 g/mol. The number of para-hydroxylation sites is 1. The zero-order valence-electron chi connectivity index (χ0n) is 13.1. The van der Waals surface area contributed by atoms with Crippen molar-refractivity contribution in [3.05, 3.63) is 43.8 Å². The molecule has 1 amide bonds. The maximum atomic E-state index is 12.2. The van der Waals surface area contributed by atoms with Crippen LogP contribution in [0.2, 0.25) is 0 Å². The van der Waals surface area contributed by atoms with Gasteiger partial charge in [0.25, 0.3) is 5.91 Å². The summed E-state index contributed by atoms with van der Waals surface area (Å²) in [6.45, 7) is -0.0621. The Morgan fingerprint density at radius 1 is 1.29 bits per heavy atom. The molecule has 1 N–H and O–H groups in total. The van der Waals surface area contributed by atoms with Crippen molar-refractivity contribution in [2.45, 2.75) is 32.1 Å². The number of thiophene rings is 1. The summed E-state index contributed by atoms with van der Waals surface area (Å²) in [7, 11) is 0. The molecule has 0 atom stereocenters. The van der Waals surface area contributed by atoms with Crippen LogP contribution in [0.5, 0.6) is 5.75 Å². The van der Waals surface area contributed by atoms with Crippen LogP contribution < -0.4 is 10.1 Å². The molecule has 0 spiro atoms. The van der Waals surface area contributed by atoms with Crippen molar-refractivity contribution >= 4 is 44.8 Å². The average molecular weight is 452 g/mol. The third-order valence-electron chi connectivity index (χ3n) is 3.98. The molecule has 1 aromatic carbocycles. The maximum Gasteiger partial charge on any atom is 0.262 e. The number of nitrogens with one attached hydrogen (secondary N) is 1. The molecule has 0 unspecified atom stereocenters. The number of nitriles is 1. The summed E-state index contributed by atoms with van der Waals surface area (Å²) in [5, 5.41) is 13.0. The average Bonchev–Trinajstić information content (AvgIpc) is 2.74. The molecule has 0 saturated carbocycles. The van der Waals surface area contributed by atoms with Crippen LogP contribution in [0.1, 0.15) is 35.3 Å². The topological polar surface area (TPSA) is 62.1 Å². The Morgan fingerprint density at radius 3 is 2.88 bits per heavy atom. The Labute approximate surface area is 159 Å². The lowest BCUT2D eigenvalue weighted by atomic mass is 10.1. The van der Waals surface area contributed by atoms with E-state index in [1.54, 1.807) is 11.3 Å². The minimum atomic E-state index is -0.234. The number of rotatable bonds is 4. The van der Waals surface area contributed by atoms with Gasteiger partial charge < -0.3 is 10.1 Å². The highest BCUT2D eigenvalue weighted by molar-refractivity contribution is 14.1. The highest BCUT2D eigenvalue weighted by Crippen LogP contribution is 2.36. The molecule has 1 aliphatic rings. The first-order valence-electron chi connectivity index (χ1n) is 7.91. The second kappa shape index (κ2) is 7.99. The molecule has 0 saturated heterocycles. The van der Waals surface area contributed by atoms with Crippen LogP contribution in [0.3, 0.4) is 0 Å². The van der Waals surface area contributed by atoms with Crippen LogP contribution in [0.4, 0.5) is 5.00 Å². The zero-order valence-corrected chi connectivity index (χ0v) is 16.1. The summed E-state index contributed by atoms with van der Waals surface area (Å²) < 4.78 is 6.53. The maximum absolute atomic E-state index is 12.2. The fraction of sp³-hybridized carbons (Fsp3) is 0.333. The van der Waals surface area contributed by atoms with Crippen LogP contribution >= 0.6 is 33.9 Å². The van der Waals surface area contributed by atoms with Crippen molar-refractivity contribution in [1.82, 2.24) is 0 Å². The first-order valence-corrected chi connectivity index (χ1v) is 9.80. The van der Waals surface area contributed by atoms with E-state index in [0.29, 0.717) is 16.3 Å². The summed E-state index contributed by atoms with van der Waals surface area (Å²) in [6.07, 6.45) is 5.41. The van der Waals surface area contributed by atoms with E-state index in [4.69, 9.17) is 4.74 Å². The van der Waals surface area contributed by atoms with Gasteiger partial charge in [0.15, 0.2) is 6.61 Å². The molecule has 0 fully saturated rings. The number of amides is 1. The quantitative estimate of drug-likeness (QED) is 0.549. The first kappa shape index (κ1) is 17.2. The van der Waals surface area contributed by atoms with E-state index in [9.17, 15) is 10.1 Å². The first-order chi connectivity index (χ1) is 11.7. The molecular formula is C18H17IN2O2S. The lowest BCUT2D eigenvalue weighted by Gasteiger charge is -2.08. The van der Waals surface area contributed by atoms with Crippen LogP contribution in [-0.2, 0) is 17.6 Å². The van der Waals surface area contributed by atoms with Gasteiger partial charge in [0, 0.05) is 4.88 Å². The minimum absolute atomic E-state index is 0.0621. The molecule has 4 nitrogen and oxygen atoms in total. The Hall–Kier alpha value is -1.59. The number of carbonyl (C=O) groups excluding carboxylic acids is 1. The van der Waals surface area contributed by atoms with E-state index in [-0.39, 0.29) is 12.5 Å². The lowest BCUT2D eigenvalue weighted by Crippen LogP contribution is -2.20. The molecule has 124 valence electrons. The van der Waals surface area contributed by atoms with Crippen molar-refractivity contribution in [3.63, 3.8) is 0 Å². The van der Waals surface area contributed by atoms with Gasteiger partial charge in [-0.25, -0.2) is 0 Å². The number of fused-ring (bicyclic) bond motifs is 1. The molecule has 1 heterocycles. The molecule has 24 heavy (non-hydrogen) atoms. The third-order valence-corrected chi connectivity index (χ3v) is 6.08. The number of anilines is 1. The number of aryl methyl sites for hydroxylation is 1. The molecule has 0 radical (unpaired) electrons. The number of benzene rings is 1. The van der Waals surface area contributed by atoms with E-state index in [2.05, 4.69) is 34.0 Å². The molecule has 3 rings (SSSR count). The number of carbonyl (C=O) groups is 1. The Morgan fingerprint density at radius 2 is 2.08 bits per heavy atom. The smallest absolute Gasteiger partial charge is 0.262 e. The van der Waals surface area contributed by atoms with Crippen molar-refractivity contribution in [3.8, 4) is 11.8 Å². The van der Waals surface area contributed by atoms with Gasteiger partial charge in [0.05, 0.1) is 9.13 Å². The Balaban J connectivity index is 1.69. The molecular weight excluding hydrogens is 435 g/mol. The second-order valence-corrected chi connectivity index (χ2v) is 7.92. The van der Waals surface area contributed by atoms with E-state index < -0.39 is 0 Å². The van der Waals surface area contributed by atoms with Crippen molar-refractivity contribution in [2.75, 3.05) is 11.9 Å². The van der Waals surface area contributed by atoms with Gasteiger partial charge in [0.1, 0.15) is 16.8 Å². The van der Waals surface area contributed by atoms with Crippen LogP contribution in [0, 0.1) is 14.9 Å². The lowest BCUT2D eigenvalue weighted by molar-refractivity contribution is -0.118. The summed E-state index contributed by atoms with van der Waals surface area (Å²) in [5.74, 6) is 0.457. The van der Waals surface area contributed by atoms with Crippen LogP contribution in [0.25, 0.3) is 0 Å². The molecule has 1 aromatic heterocycles. The molecule has 2 aromatic rings. The fourth-order valence-electron chi connectivity index (χ4n) is 2.82. The molecule has 0 aliphatic heterocycles. The van der Waals surface area contributed by atoms with Crippen LogP contribution in [0.15, 0.2) is 24.3 Å². The SMILES string of the molecule is N#Cc1c(NC(=O)COc2ccccc2I)sc2c1CCCCC2. The van der Waals surface area contributed by atoms with Crippen molar-refractivity contribution < 1.29 is 9.53 Å². The van der Waals surface area contributed by atoms with Gasteiger partial charge >= 0.3 is 0 Å². The Bertz CT molecular complexity index is 795. The second-order valence-electron chi connectivity index (χ2n) is 5.65. The Kier molecular flexibility index (Phi) is 5.74. The van der Waals surface area contributed by atoms with E-state index in [1.807, 2.05) is 24.3 Å². The van der Waals surface area contributed by atoms with Gasteiger partial charge in [-0.05, 0) is 66.0 Å².